The smallest absolute Gasteiger partial charge is 0.326 e. The second kappa shape index (κ2) is 7.61. The number of carbonyl (C=O) groups excluding carboxylic acids is 4. The Kier molecular flexibility index (Phi) is 5.15. The van der Waals surface area contributed by atoms with Gasteiger partial charge in [-0.3, -0.25) is 19.3 Å². The van der Waals surface area contributed by atoms with Crippen LogP contribution >= 0.6 is 0 Å². The minimum Gasteiger partial charge on any atom is -0.453 e. The van der Waals surface area contributed by atoms with E-state index in [-0.39, 0.29) is 11.7 Å². The van der Waals surface area contributed by atoms with Crippen LogP contribution < -0.4 is 5.32 Å². The van der Waals surface area contributed by atoms with Crippen molar-refractivity contribution in [2.24, 2.45) is 0 Å². The van der Waals surface area contributed by atoms with Gasteiger partial charge in [0.1, 0.15) is 12.1 Å². The summed E-state index contributed by atoms with van der Waals surface area (Å²) in [5.41, 5.74) is 2.08. The Morgan fingerprint density at radius 1 is 1.10 bits per heavy atom. The van der Waals surface area contributed by atoms with Gasteiger partial charge in [0.25, 0.3) is 5.91 Å². The molecule has 1 atom stereocenters. The molecule has 29 heavy (non-hydrogen) atoms. The maximum absolute atomic E-state index is 12.7. The summed E-state index contributed by atoms with van der Waals surface area (Å²) in [6.45, 7) is 1.04. The van der Waals surface area contributed by atoms with Gasteiger partial charge in [-0.15, -0.1) is 0 Å². The second-order valence-electron chi connectivity index (χ2n) is 8.30. The van der Waals surface area contributed by atoms with Gasteiger partial charge in [-0.2, -0.15) is 0 Å². The van der Waals surface area contributed by atoms with E-state index in [4.69, 9.17) is 4.74 Å². The summed E-state index contributed by atoms with van der Waals surface area (Å²) < 4.78 is 5.26. The van der Waals surface area contributed by atoms with E-state index in [0.717, 1.165) is 43.4 Å². The number of ether oxygens (including phenoxy) is 1. The number of hydrogen-bond donors (Lipinski definition) is 1. The first kappa shape index (κ1) is 19.6. The second-order valence-corrected chi connectivity index (χ2v) is 8.30. The summed E-state index contributed by atoms with van der Waals surface area (Å²) in [4.78, 5) is 50.9. The Labute approximate surface area is 169 Å². The molecule has 7 heteroatoms. The van der Waals surface area contributed by atoms with Gasteiger partial charge in [-0.25, -0.2) is 4.79 Å². The van der Waals surface area contributed by atoms with Crippen molar-refractivity contribution in [1.29, 1.82) is 0 Å². The van der Waals surface area contributed by atoms with Crippen molar-refractivity contribution < 1.29 is 23.9 Å². The van der Waals surface area contributed by atoms with E-state index in [1.165, 1.54) is 18.1 Å². The third-order valence-corrected chi connectivity index (χ3v) is 6.30. The van der Waals surface area contributed by atoms with Gasteiger partial charge < -0.3 is 10.1 Å². The third kappa shape index (κ3) is 3.66. The predicted molar refractivity (Wildman–Crippen MR) is 104 cm³/mol. The zero-order chi connectivity index (χ0) is 20.6. The lowest BCUT2D eigenvalue weighted by atomic mass is 9.82. The van der Waals surface area contributed by atoms with E-state index in [1.54, 1.807) is 6.07 Å². The summed E-state index contributed by atoms with van der Waals surface area (Å²) in [5, 5.41) is 2.76. The Balaban J connectivity index is 1.37. The Morgan fingerprint density at radius 3 is 2.59 bits per heavy atom. The molecule has 3 amide bonds. The van der Waals surface area contributed by atoms with Crippen molar-refractivity contribution in [3.63, 3.8) is 0 Å². The molecule has 1 heterocycles. The van der Waals surface area contributed by atoms with E-state index in [1.807, 2.05) is 12.1 Å². The predicted octanol–water partition coefficient (Wildman–Crippen LogP) is 2.54. The highest BCUT2D eigenvalue weighted by molar-refractivity contribution is 6.09. The Bertz CT molecular complexity index is 872. The van der Waals surface area contributed by atoms with Crippen molar-refractivity contribution in [3.05, 3.63) is 34.9 Å². The first-order valence-corrected chi connectivity index (χ1v) is 10.4. The van der Waals surface area contributed by atoms with Gasteiger partial charge in [0.05, 0.1) is 0 Å². The molecule has 1 unspecified atom stereocenters. The molecule has 3 aliphatic rings. The number of nitrogens with one attached hydrogen (secondary N) is 1. The minimum atomic E-state index is -0.980. The number of ketones is 1. The lowest BCUT2D eigenvalue weighted by Gasteiger charge is -2.30. The van der Waals surface area contributed by atoms with Gasteiger partial charge in [-0.05, 0) is 56.2 Å². The van der Waals surface area contributed by atoms with Crippen LogP contribution in [0.4, 0.5) is 4.79 Å². The molecule has 1 saturated carbocycles. The fourth-order valence-electron chi connectivity index (χ4n) is 4.69. The number of esters is 1. The van der Waals surface area contributed by atoms with Crippen molar-refractivity contribution in [3.8, 4) is 0 Å². The highest BCUT2D eigenvalue weighted by Crippen LogP contribution is 2.33. The van der Waals surface area contributed by atoms with E-state index in [2.05, 4.69) is 5.32 Å². The Hall–Kier alpha value is -2.70. The van der Waals surface area contributed by atoms with Crippen LogP contribution in [-0.4, -0.2) is 46.8 Å². The number of fused-ring (bicyclic) bond motifs is 1. The highest BCUT2D eigenvalue weighted by Gasteiger charge is 2.51. The quantitative estimate of drug-likeness (QED) is 0.467. The third-order valence-electron chi connectivity index (χ3n) is 6.30. The molecule has 7 nitrogen and oxygen atoms in total. The monoisotopic (exact) mass is 398 g/mol. The van der Waals surface area contributed by atoms with Crippen molar-refractivity contribution >= 4 is 23.7 Å². The number of Topliss-reactive ketones (excluding diaryl/α,β-unsaturated/α-hetero) is 1. The molecule has 1 aromatic rings. The summed E-state index contributed by atoms with van der Waals surface area (Å²) in [6.07, 6.45) is 6.06. The molecule has 154 valence electrons. The van der Waals surface area contributed by atoms with Gasteiger partial charge in [-0.1, -0.05) is 31.4 Å². The van der Waals surface area contributed by atoms with Crippen LogP contribution in [0.25, 0.3) is 0 Å². The summed E-state index contributed by atoms with van der Waals surface area (Å²) in [5.74, 6) is -1.41. The molecule has 1 saturated heterocycles. The molecule has 2 aliphatic carbocycles. The van der Waals surface area contributed by atoms with Crippen LogP contribution in [0.15, 0.2) is 18.2 Å². The van der Waals surface area contributed by atoms with Crippen LogP contribution in [-0.2, 0) is 27.2 Å². The lowest BCUT2D eigenvalue weighted by Crippen LogP contribution is -2.48. The van der Waals surface area contributed by atoms with Crippen molar-refractivity contribution in [2.45, 2.75) is 69.9 Å². The number of imide groups is 1. The normalized spacial score (nSPS) is 21.1. The summed E-state index contributed by atoms with van der Waals surface area (Å²) >= 11 is 0. The molecule has 4 rings (SSSR count). The number of nitrogens with zero attached hydrogens (tertiary/aromatic N) is 1. The van der Waals surface area contributed by atoms with Crippen LogP contribution in [0.1, 0.15) is 66.9 Å². The molecule has 0 bridgehead atoms. The van der Waals surface area contributed by atoms with Gasteiger partial charge in [0.15, 0.2) is 6.10 Å². The van der Waals surface area contributed by atoms with E-state index < -0.39 is 30.2 Å². The SMILES string of the molecule is CC(OC(=O)CN1C(=O)NC2(CCCCC2)C1=O)C(=O)c1ccc2c(c1)CCC2. The molecule has 1 spiro atoms. The first-order chi connectivity index (χ1) is 13.9. The maximum Gasteiger partial charge on any atom is 0.326 e. The summed E-state index contributed by atoms with van der Waals surface area (Å²) in [7, 11) is 0. The largest absolute Gasteiger partial charge is 0.453 e. The number of benzene rings is 1. The molecule has 0 aromatic heterocycles. The van der Waals surface area contributed by atoms with Crippen LogP contribution in [0.3, 0.4) is 0 Å². The molecule has 2 fully saturated rings. The van der Waals surface area contributed by atoms with Crippen LogP contribution in [0.5, 0.6) is 0 Å². The highest BCUT2D eigenvalue weighted by atomic mass is 16.5. The first-order valence-electron chi connectivity index (χ1n) is 10.4. The lowest BCUT2D eigenvalue weighted by molar-refractivity contribution is -0.150. The van der Waals surface area contributed by atoms with Gasteiger partial charge in [0, 0.05) is 5.56 Å². The average Bonchev–Trinajstić information content (AvgIpc) is 3.26. The fraction of sp³-hybridized carbons (Fsp3) is 0.545. The van der Waals surface area contributed by atoms with Crippen LogP contribution in [0, 0.1) is 0 Å². The maximum atomic E-state index is 12.7. The number of urea groups is 1. The minimum absolute atomic E-state index is 0.283. The zero-order valence-corrected chi connectivity index (χ0v) is 16.7. The molecule has 1 aromatic carbocycles. The Morgan fingerprint density at radius 2 is 1.83 bits per heavy atom. The molecule has 1 N–H and O–H groups in total. The van der Waals surface area contributed by atoms with E-state index >= 15 is 0 Å². The number of amides is 3. The van der Waals surface area contributed by atoms with Crippen molar-refractivity contribution in [2.75, 3.05) is 6.54 Å². The van der Waals surface area contributed by atoms with Crippen molar-refractivity contribution in [1.82, 2.24) is 10.2 Å². The molecule has 1 aliphatic heterocycles. The summed E-state index contributed by atoms with van der Waals surface area (Å²) in [6, 6.07) is 5.04. The number of aryl methyl sites for hydroxylation is 2. The number of rotatable bonds is 5. The van der Waals surface area contributed by atoms with E-state index in [0.29, 0.717) is 18.4 Å². The zero-order valence-electron chi connectivity index (χ0n) is 16.7. The average molecular weight is 398 g/mol. The standard InChI is InChI=1S/C22H26N2O5/c1-14(19(26)17-9-8-15-6-5-7-16(15)12-17)29-18(25)13-24-20(27)22(23-21(24)28)10-3-2-4-11-22/h8-9,12,14H,2-7,10-11,13H2,1H3,(H,23,28). The molecule has 0 radical (unpaired) electrons. The van der Waals surface area contributed by atoms with Crippen LogP contribution in [0.2, 0.25) is 0 Å². The fourth-order valence-corrected chi connectivity index (χ4v) is 4.69. The molecular weight excluding hydrogens is 372 g/mol. The van der Waals surface area contributed by atoms with Gasteiger partial charge >= 0.3 is 12.0 Å². The number of carbonyl (C=O) groups is 4. The topological polar surface area (TPSA) is 92.8 Å². The molecular formula is C22H26N2O5. The van der Waals surface area contributed by atoms with E-state index in [9.17, 15) is 19.2 Å². The van der Waals surface area contributed by atoms with Gasteiger partial charge in [0.2, 0.25) is 5.78 Å². The number of hydrogen-bond acceptors (Lipinski definition) is 5.